The molecule has 4 aliphatic carbocycles. The molecule has 190 valence electrons. The zero-order valence-electron chi connectivity index (χ0n) is 19.9. The Labute approximate surface area is 206 Å². The van der Waals surface area contributed by atoms with Crippen LogP contribution >= 0.6 is 0 Å². The van der Waals surface area contributed by atoms with Gasteiger partial charge < -0.3 is 24.8 Å². The number of ether oxygens (including phenoxy) is 3. The average molecular weight is 498 g/mol. The van der Waals surface area contributed by atoms with E-state index in [9.17, 15) is 4.79 Å². The minimum Gasteiger partial charge on any atom is -0.441 e. The van der Waals surface area contributed by atoms with Gasteiger partial charge in [-0.2, -0.15) is 5.10 Å². The average Bonchev–Trinajstić information content (AvgIpc) is 3.26. The molecule has 3 aromatic heterocycles. The first-order chi connectivity index (χ1) is 17.5. The van der Waals surface area contributed by atoms with Crippen molar-refractivity contribution in [2.24, 2.45) is 5.92 Å². The highest BCUT2D eigenvalue weighted by Gasteiger charge is 2.58. The number of aromatic amines is 1. The summed E-state index contributed by atoms with van der Waals surface area (Å²) in [6.07, 6.45) is 3.11. The number of hydrogen-bond donors (Lipinski definition) is 3. The fraction of sp³-hybridized carbons (Fsp3) is 0.583. The van der Waals surface area contributed by atoms with Gasteiger partial charge >= 0.3 is 6.09 Å². The lowest BCUT2D eigenvalue weighted by Gasteiger charge is -2.61. The number of methoxy groups -OCH3 is 1. The van der Waals surface area contributed by atoms with Crippen LogP contribution in [0.1, 0.15) is 61.2 Å². The van der Waals surface area contributed by atoms with Crippen LogP contribution < -0.4 is 10.6 Å². The molecule has 0 radical (unpaired) electrons. The van der Waals surface area contributed by atoms with E-state index in [-0.39, 0.29) is 12.1 Å². The molecule has 1 aliphatic heterocycles. The van der Waals surface area contributed by atoms with Crippen LogP contribution in [0.3, 0.4) is 0 Å². The first-order valence-corrected chi connectivity index (χ1v) is 12.4. The lowest BCUT2D eigenvalue weighted by molar-refractivity contribution is -0.0528. The Morgan fingerprint density at radius 2 is 2.14 bits per heavy atom. The van der Waals surface area contributed by atoms with Crippen molar-refractivity contribution >= 4 is 23.5 Å². The van der Waals surface area contributed by atoms with Gasteiger partial charge in [-0.1, -0.05) is 0 Å². The number of hydrogen-bond acceptors (Lipinski definition) is 8. The second-order valence-electron chi connectivity index (χ2n) is 10.5. The molecule has 0 aromatic carbocycles. The number of anilines is 2. The third-order valence-corrected chi connectivity index (χ3v) is 7.70. The monoisotopic (exact) mass is 497 g/mol. The summed E-state index contributed by atoms with van der Waals surface area (Å²) < 4.78 is 33.2. The summed E-state index contributed by atoms with van der Waals surface area (Å²) in [4.78, 5) is 21.7. The number of H-pyrrole nitrogens is 1. The molecule has 4 saturated carbocycles. The van der Waals surface area contributed by atoms with Crippen LogP contribution in [-0.2, 0) is 20.8 Å². The van der Waals surface area contributed by atoms with Gasteiger partial charge in [-0.25, -0.2) is 19.2 Å². The zero-order valence-corrected chi connectivity index (χ0v) is 19.9. The lowest BCUT2D eigenvalue weighted by Crippen LogP contribution is -2.68. The molecule has 8 rings (SSSR count). The maximum absolute atomic E-state index is 15.2. The quantitative estimate of drug-likeness (QED) is 0.433. The van der Waals surface area contributed by atoms with Crippen molar-refractivity contribution in [2.45, 2.75) is 68.5 Å². The summed E-state index contributed by atoms with van der Waals surface area (Å²) >= 11 is 0. The first kappa shape index (κ1) is 22.0. The van der Waals surface area contributed by atoms with Crippen LogP contribution in [0.15, 0.2) is 18.3 Å². The number of halogens is 1. The number of aromatic nitrogens is 5. The Morgan fingerprint density at radius 3 is 2.86 bits per heavy atom. The molecular formula is C24H28FN7O4. The third kappa shape index (κ3) is 3.79. The molecule has 5 aliphatic rings. The molecule has 1 amide bonds. The highest BCUT2D eigenvalue weighted by atomic mass is 19.1. The number of carbonyl (C=O) groups is 1. The summed E-state index contributed by atoms with van der Waals surface area (Å²) in [5.74, 6) is 2.20. The number of imidazole rings is 1. The summed E-state index contributed by atoms with van der Waals surface area (Å²) in [6, 6.07) is 3.69. The third-order valence-electron chi connectivity index (χ3n) is 7.70. The number of rotatable bonds is 8. The summed E-state index contributed by atoms with van der Waals surface area (Å²) in [6.45, 7) is 0.381. The van der Waals surface area contributed by atoms with Crippen molar-refractivity contribution < 1.29 is 23.4 Å². The topological polar surface area (TPSA) is 128 Å². The Hall–Kier alpha value is -3.25. The van der Waals surface area contributed by atoms with E-state index in [4.69, 9.17) is 19.2 Å². The molecule has 0 spiro atoms. The van der Waals surface area contributed by atoms with Crippen molar-refractivity contribution in [3.8, 4) is 0 Å². The van der Waals surface area contributed by atoms with Gasteiger partial charge in [-0.15, -0.1) is 0 Å². The number of nitrogens with zero attached hydrogens (tertiary/aromatic N) is 4. The van der Waals surface area contributed by atoms with Gasteiger partial charge in [0.1, 0.15) is 11.8 Å². The molecule has 12 heteroatoms. The van der Waals surface area contributed by atoms with Crippen LogP contribution in [0, 0.1) is 5.92 Å². The maximum Gasteiger partial charge on any atom is 0.408 e. The van der Waals surface area contributed by atoms with Crippen molar-refractivity contribution in [1.82, 2.24) is 29.9 Å². The minimum absolute atomic E-state index is 0.0143. The van der Waals surface area contributed by atoms with Crippen molar-refractivity contribution in [3.05, 3.63) is 35.4 Å². The SMILES string of the molecule is COCc1cn2c(Nc3cc([C@H]4OC[C@@H](OC(=O)NC56CC(C5)C6)[C@H]4F)[nH]n3)nc(C3CC3)cc2n1. The van der Waals surface area contributed by atoms with Crippen LogP contribution in [0.4, 0.5) is 21.0 Å². The standard InChI is InChI=1S/C24H28FN7O4/c1-34-10-14-9-32-19(26-14)5-15(13-2-3-13)27-22(32)28-18-4-16(30-31-18)21-20(25)17(11-35-21)36-23(33)29-24-6-12(7-24)8-24/h4-5,9,12-13,17,20-21H,2-3,6-8,10-11H2,1H3,(H,29,33)(H2,27,28,30,31)/t12?,17-,20-,21-,24?/m1/s1. The van der Waals surface area contributed by atoms with Crippen molar-refractivity contribution in [1.29, 1.82) is 0 Å². The number of nitrogens with one attached hydrogen (secondary N) is 3. The largest absolute Gasteiger partial charge is 0.441 e. The van der Waals surface area contributed by atoms with E-state index >= 15 is 4.39 Å². The van der Waals surface area contributed by atoms with E-state index < -0.39 is 24.5 Å². The molecule has 36 heavy (non-hydrogen) atoms. The van der Waals surface area contributed by atoms with E-state index in [0.29, 0.717) is 30.0 Å². The molecule has 0 unspecified atom stereocenters. The Balaban J connectivity index is 1.05. The van der Waals surface area contributed by atoms with Crippen molar-refractivity contribution in [3.63, 3.8) is 0 Å². The summed E-state index contributed by atoms with van der Waals surface area (Å²) in [5, 5.41) is 13.3. The molecule has 3 aromatic rings. The molecule has 1 saturated heterocycles. The van der Waals surface area contributed by atoms with Gasteiger partial charge in [0.2, 0.25) is 5.95 Å². The smallest absolute Gasteiger partial charge is 0.408 e. The molecule has 11 nitrogen and oxygen atoms in total. The predicted octanol–water partition coefficient (Wildman–Crippen LogP) is 3.28. The molecule has 5 fully saturated rings. The van der Waals surface area contributed by atoms with E-state index in [1.165, 1.54) is 0 Å². The van der Waals surface area contributed by atoms with Crippen LogP contribution in [0.25, 0.3) is 5.65 Å². The van der Waals surface area contributed by atoms with Crippen LogP contribution in [0.5, 0.6) is 0 Å². The Kier molecular flexibility index (Phi) is 4.97. The summed E-state index contributed by atoms with van der Waals surface area (Å²) in [7, 11) is 1.63. The maximum atomic E-state index is 15.2. The fourth-order valence-electron chi connectivity index (χ4n) is 5.56. The van der Waals surface area contributed by atoms with Gasteiger partial charge in [-0.3, -0.25) is 9.50 Å². The minimum atomic E-state index is -1.51. The number of carbonyl (C=O) groups excluding carboxylic acids is 1. The molecule has 4 heterocycles. The highest BCUT2D eigenvalue weighted by molar-refractivity contribution is 5.69. The molecule has 2 bridgehead atoms. The molecular weight excluding hydrogens is 469 g/mol. The Bertz CT molecular complexity index is 1300. The lowest BCUT2D eigenvalue weighted by atomic mass is 9.50. The number of alkyl halides is 1. The van der Waals surface area contributed by atoms with Gasteiger partial charge in [0.15, 0.2) is 18.1 Å². The highest BCUT2D eigenvalue weighted by Crippen LogP contribution is 2.57. The van der Waals surface area contributed by atoms with Gasteiger partial charge in [-0.05, 0) is 38.0 Å². The summed E-state index contributed by atoms with van der Waals surface area (Å²) in [5.41, 5.74) is 2.89. The Morgan fingerprint density at radius 1 is 1.31 bits per heavy atom. The number of amides is 1. The van der Waals surface area contributed by atoms with Gasteiger partial charge in [0.25, 0.3) is 0 Å². The molecule has 3 N–H and O–H groups in total. The first-order valence-electron chi connectivity index (χ1n) is 12.4. The van der Waals surface area contributed by atoms with E-state index in [0.717, 1.165) is 55.1 Å². The number of alkyl carbamates (subject to hydrolysis) is 1. The van der Waals surface area contributed by atoms with E-state index in [1.807, 2.05) is 16.7 Å². The number of fused-ring (bicyclic) bond motifs is 1. The van der Waals surface area contributed by atoms with Crippen LogP contribution in [0.2, 0.25) is 0 Å². The fourth-order valence-corrected chi connectivity index (χ4v) is 5.56. The van der Waals surface area contributed by atoms with E-state index in [2.05, 4.69) is 25.8 Å². The predicted molar refractivity (Wildman–Crippen MR) is 125 cm³/mol. The van der Waals surface area contributed by atoms with Crippen LogP contribution in [-0.4, -0.2) is 62.2 Å². The van der Waals surface area contributed by atoms with Gasteiger partial charge in [0.05, 0.1) is 30.3 Å². The molecule has 3 atom stereocenters. The normalized spacial score (nSPS) is 30.6. The van der Waals surface area contributed by atoms with Gasteiger partial charge in [0, 0.05) is 36.9 Å². The van der Waals surface area contributed by atoms with Crippen molar-refractivity contribution in [2.75, 3.05) is 19.0 Å². The second-order valence-corrected chi connectivity index (χ2v) is 10.5. The van der Waals surface area contributed by atoms with E-state index in [1.54, 1.807) is 13.2 Å². The second kappa shape index (κ2) is 8.13. The zero-order chi connectivity index (χ0) is 24.4.